The minimum Gasteiger partial charge on any atom is -0.352 e. The minimum absolute atomic E-state index is 0.0361. The van der Waals surface area contributed by atoms with E-state index in [4.69, 9.17) is 0 Å². The van der Waals surface area contributed by atoms with Crippen molar-refractivity contribution in [3.05, 3.63) is 0 Å². The predicted octanol–water partition coefficient (Wildman–Crippen LogP) is 1.74. The lowest BCUT2D eigenvalue weighted by Crippen LogP contribution is -2.42. The summed E-state index contributed by atoms with van der Waals surface area (Å²) in [6.07, 6.45) is 10.1. The molecule has 0 unspecified atom stereocenters. The first kappa shape index (κ1) is 13.4. The normalized spacial score (nSPS) is 21.8. The third-order valence-electron chi connectivity index (χ3n) is 4.12. The van der Waals surface area contributed by atoms with Crippen molar-refractivity contribution in [2.24, 2.45) is 5.92 Å². The van der Waals surface area contributed by atoms with Crippen LogP contribution in [0.1, 0.15) is 57.8 Å². The second kappa shape index (κ2) is 6.76. The molecule has 0 atom stereocenters. The van der Waals surface area contributed by atoms with Gasteiger partial charge in [0.05, 0.1) is 6.54 Å². The molecule has 2 N–H and O–H groups in total. The molecule has 2 rings (SSSR count). The fourth-order valence-electron chi connectivity index (χ4n) is 3.03. The van der Waals surface area contributed by atoms with E-state index in [1.807, 2.05) is 0 Å². The number of hydrogen-bond donors (Lipinski definition) is 2. The average Bonchev–Trinajstić information content (AvgIpc) is 2.90. The first-order chi connectivity index (χ1) is 8.75. The van der Waals surface area contributed by atoms with E-state index in [-0.39, 0.29) is 24.3 Å². The molecule has 4 heteroatoms. The van der Waals surface area contributed by atoms with E-state index in [0.29, 0.717) is 6.04 Å². The maximum absolute atomic E-state index is 11.8. The third-order valence-corrected chi connectivity index (χ3v) is 4.12. The summed E-state index contributed by atoms with van der Waals surface area (Å²) in [5, 5.41) is 5.76. The quantitative estimate of drug-likeness (QED) is 0.800. The van der Waals surface area contributed by atoms with Crippen molar-refractivity contribution in [1.82, 2.24) is 10.6 Å². The van der Waals surface area contributed by atoms with Gasteiger partial charge in [-0.25, -0.2) is 0 Å². The average molecular weight is 252 g/mol. The van der Waals surface area contributed by atoms with Gasteiger partial charge in [-0.1, -0.05) is 32.1 Å². The highest BCUT2D eigenvalue weighted by Gasteiger charge is 2.22. The number of hydrogen-bond acceptors (Lipinski definition) is 2. The maximum atomic E-state index is 11.8. The monoisotopic (exact) mass is 252 g/mol. The molecule has 0 aromatic rings. The molecule has 2 saturated carbocycles. The van der Waals surface area contributed by atoms with E-state index in [9.17, 15) is 9.59 Å². The van der Waals surface area contributed by atoms with E-state index in [0.717, 1.165) is 38.5 Å². The van der Waals surface area contributed by atoms with Crippen LogP contribution in [0.3, 0.4) is 0 Å². The molecule has 2 aliphatic carbocycles. The van der Waals surface area contributed by atoms with Crippen molar-refractivity contribution >= 4 is 11.8 Å². The maximum Gasteiger partial charge on any atom is 0.239 e. The Balaban J connectivity index is 1.63. The Kier molecular flexibility index (Phi) is 5.02. The molecule has 0 heterocycles. The standard InChI is InChI=1S/C14H24N2O2/c17-13(16-12-8-4-5-9-12)10-15-14(18)11-6-2-1-3-7-11/h11-12H,1-10H2,(H,15,18)(H,16,17). The zero-order valence-electron chi connectivity index (χ0n) is 11.0. The molecule has 0 aromatic heterocycles. The first-order valence-electron chi connectivity index (χ1n) is 7.33. The van der Waals surface area contributed by atoms with Gasteiger partial charge in [-0.05, 0) is 25.7 Å². The molecule has 0 aliphatic heterocycles. The van der Waals surface area contributed by atoms with Crippen molar-refractivity contribution in [2.75, 3.05) is 6.54 Å². The van der Waals surface area contributed by atoms with Gasteiger partial charge in [0.2, 0.25) is 11.8 Å². The molecule has 2 amide bonds. The molecule has 2 aliphatic rings. The van der Waals surface area contributed by atoms with Crippen LogP contribution < -0.4 is 10.6 Å². The summed E-state index contributed by atoms with van der Waals surface area (Å²) >= 11 is 0. The SMILES string of the molecule is O=C(CNC(=O)C1CCCCC1)NC1CCCC1. The molecule has 0 bridgehead atoms. The van der Waals surface area contributed by atoms with Crippen molar-refractivity contribution in [3.63, 3.8) is 0 Å². The second-order valence-electron chi connectivity index (χ2n) is 5.60. The summed E-state index contributed by atoms with van der Waals surface area (Å²) in [5.41, 5.74) is 0. The van der Waals surface area contributed by atoms with Crippen LogP contribution in [-0.2, 0) is 9.59 Å². The zero-order chi connectivity index (χ0) is 12.8. The van der Waals surface area contributed by atoms with Gasteiger partial charge in [0.15, 0.2) is 0 Å². The molecular formula is C14H24N2O2. The molecule has 0 radical (unpaired) electrons. The summed E-state index contributed by atoms with van der Waals surface area (Å²) in [7, 11) is 0. The Labute approximate surface area is 109 Å². The van der Waals surface area contributed by atoms with Crippen LogP contribution in [0.4, 0.5) is 0 Å². The van der Waals surface area contributed by atoms with Gasteiger partial charge >= 0.3 is 0 Å². The van der Waals surface area contributed by atoms with E-state index >= 15 is 0 Å². The third kappa shape index (κ3) is 4.00. The van der Waals surface area contributed by atoms with E-state index in [1.54, 1.807) is 0 Å². The second-order valence-corrected chi connectivity index (χ2v) is 5.60. The Morgan fingerprint density at radius 3 is 2.17 bits per heavy atom. The van der Waals surface area contributed by atoms with Crippen molar-refractivity contribution in [2.45, 2.75) is 63.8 Å². The topological polar surface area (TPSA) is 58.2 Å². The van der Waals surface area contributed by atoms with Gasteiger partial charge in [0.1, 0.15) is 0 Å². The number of carbonyl (C=O) groups excluding carboxylic acids is 2. The van der Waals surface area contributed by atoms with Gasteiger partial charge < -0.3 is 10.6 Å². The molecule has 2 fully saturated rings. The molecular weight excluding hydrogens is 228 g/mol. The van der Waals surface area contributed by atoms with Crippen LogP contribution in [0.25, 0.3) is 0 Å². The Morgan fingerprint density at radius 2 is 1.50 bits per heavy atom. The smallest absolute Gasteiger partial charge is 0.239 e. The molecule has 18 heavy (non-hydrogen) atoms. The lowest BCUT2D eigenvalue weighted by molar-refractivity contribution is -0.129. The fourth-order valence-corrected chi connectivity index (χ4v) is 3.03. The van der Waals surface area contributed by atoms with Gasteiger partial charge in [-0.15, -0.1) is 0 Å². The summed E-state index contributed by atoms with van der Waals surface area (Å²) < 4.78 is 0. The molecule has 0 saturated heterocycles. The number of nitrogens with one attached hydrogen (secondary N) is 2. The van der Waals surface area contributed by atoms with E-state index in [1.165, 1.54) is 19.3 Å². The number of amides is 2. The van der Waals surface area contributed by atoms with E-state index < -0.39 is 0 Å². The molecule has 4 nitrogen and oxygen atoms in total. The first-order valence-corrected chi connectivity index (χ1v) is 7.33. The Morgan fingerprint density at radius 1 is 0.889 bits per heavy atom. The van der Waals surface area contributed by atoms with Gasteiger partial charge in [0, 0.05) is 12.0 Å². The molecule has 0 spiro atoms. The summed E-state index contributed by atoms with van der Waals surface area (Å²) in [5.74, 6) is 0.167. The van der Waals surface area contributed by atoms with Crippen LogP contribution in [-0.4, -0.2) is 24.4 Å². The lowest BCUT2D eigenvalue weighted by atomic mass is 9.89. The van der Waals surface area contributed by atoms with E-state index in [2.05, 4.69) is 10.6 Å². The fraction of sp³-hybridized carbons (Fsp3) is 0.857. The molecule has 102 valence electrons. The highest BCUT2D eigenvalue weighted by atomic mass is 16.2. The van der Waals surface area contributed by atoms with Crippen molar-refractivity contribution < 1.29 is 9.59 Å². The minimum atomic E-state index is -0.0361. The van der Waals surface area contributed by atoms with Gasteiger partial charge in [-0.2, -0.15) is 0 Å². The highest BCUT2D eigenvalue weighted by Crippen LogP contribution is 2.23. The summed E-state index contributed by atoms with van der Waals surface area (Å²) in [6.45, 7) is 0.145. The zero-order valence-corrected chi connectivity index (χ0v) is 11.0. The van der Waals surface area contributed by atoms with Crippen LogP contribution in [0.5, 0.6) is 0 Å². The Hall–Kier alpha value is -1.06. The number of rotatable bonds is 4. The molecule has 0 aromatic carbocycles. The highest BCUT2D eigenvalue weighted by molar-refractivity contribution is 5.85. The van der Waals surface area contributed by atoms with Gasteiger partial charge in [0.25, 0.3) is 0 Å². The van der Waals surface area contributed by atoms with Gasteiger partial charge in [-0.3, -0.25) is 9.59 Å². The van der Waals surface area contributed by atoms with Crippen molar-refractivity contribution in [3.8, 4) is 0 Å². The van der Waals surface area contributed by atoms with Crippen LogP contribution in [0, 0.1) is 5.92 Å². The number of carbonyl (C=O) groups is 2. The predicted molar refractivity (Wildman–Crippen MR) is 70.0 cm³/mol. The lowest BCUT2D eigenvalue weighted by Gasteiger charge is -2.20. The van der Waals surface area contributed by atoms with Crippen molar-refractivity contribution in [1.29, 1.82) is 0 Å². The largest absolute Gasteiger partial charge is 0.352 e. The van der Waals surface area contributed by atoms with Crippen LogP contribution >= 0.6 is 0 Å². The van der Waals surface area contributed by atoms with Crippen LogP contribution in [0.15, 0.2) is 0 Å². The van der Waals surface area contributed by atoms with Crippen LogP contribution in [0.2, 0.25) is 0 Å². The Bertz CT molecular complexity index is 292. The summed E-state index contributed by atoms with van der Waals surface area (Å²) in [6, 6.07) is 0.337. The summed E-state index contributed by atoms with van der Waals surface area (Å²) in [4.78, 5) is 23.5.